The fourth-order valence-corrected chi connectivity index (χ4v) is 7.93. The lowest BCUT2D eigenvalue weighted by molar-refractivity contribution is -0.135. The van der Waals surface area contributed by atoms with Crippen molar-refractivity contribution in [2.75, 3.05) is 18.6 Å². The fraction of sp³-hybridized carbons (Fsp3) is 0.532. The molecule has 406 valence electrons. The Labute approximate surface area is 432 Å². The summed E-state index contributed by atoms with van der Waals surface area (Å²) in [6, 6.07) is -3.14. The van der Waals surface area contributed by atoms with E-state index < -0.39 is 132 Å². The summed E-state index contributed by atoms with van der Waals surface area (Å²) in [4.78, 5) is 154. The number of nitrogens with two attached hydrogens (primary N) is 4. The second-order valence-electron chi connectivity index (χ2n) is 18.5. The quantitative estimate of drug-likeness (QED) is 0.0290. The summed E-state index contributed by atoms with van der Waals surface area (Å²) in [6.07, 6.45) is 5.28. The van der Waals surface area contributed by atoms with Crippen molar-refractivity contribution in [1.82, 2.24) is 57.5 Å². The number of aromatic amines is 2. The number of rotatable bonds is 32. The van der Waals surface area contributed by atoms with Crippen molar-refractivity contribution in [2.24, 2.45) is 34.8 Å². The van der Waals surface area contributed by atoms with Crippen molar-refractivity contribution >= 4 is 87.6 Å². The zero-order valence-corrected chi connectivity index (χ0v) is 43.2. The van der Waals surface area contributed by atoms with Crippen LogP contribution >= 0.6 is 11.8 Å². The second kappa shape index (κ2) is 29.8. The number of imidazole rings is 1. The summed E-state index contributed by atoms with van der Waals surface area (Å²) in [5.74, 6) is -9.06. The van der Waals surface area contributed by atoms with Crippen molar-refractivity contribution in [3.05, 3.63) is 54.2 Å². The van der Waals surface area contributed by atoms with Gasteiger partial charge in [-0.2, -0.15) is 11.8 Å². The van der Waals surface area contributed by atoms with Gasteiger partial charge in [-0.3, -0.25) is 52.7 Å². The van der Waals surface area contributed by atoms with Gasteiger partial charge < -0.3 is 75.4 Å². The molecule has 0 aliphatic heterocycles. The maximum Gasteiger partial charge on any atom is 0.243 e. The van der Waals surface area contributed by atoms with Crippen molar-refractivity contribution in [3.8, 4) is 0 Å². The summed E-state index contributed by atoms with van der Waals surface area (Å²) in [6.45, 7) is 7.59. The van der Waals surface area contributed by atoms with Crippen LogP contribution in [0.25, 0.3) is 10.9 Å². The number of amides is 11. The average molecular weight is 1050 g/mol. The Morgan fingerprint density at radius 3 is 1.86 bits per heavy atom. The molecule has 74 heavy (non-hydrogen) atoms. The zero-order chi connectivity index (χ0) is 55.2. The number of benzene rings is 1. The van der Waals surface area contributed by atoms with Gasteiger partial charge in [-0.05, 0) is 61.7 Å². The molecule has 18 N–H and O–H groups in total. The third-order valence-electron chi connectivity index (χ3n) is 11.5. The number of nitrogens with one attached hydrogen (secondary N) is 10. The third kappa shape index (κ3) is 20.2. The lowest BCUT2D eigenvalue weighted by Crippen LogP contribution is -2.59. The minimum atomic E-state index is -1.46. The predicted octanol–water partition coefficient (Wildman–Crippen LogP) is -3.39. The minimum absolute atomic E-state index is 0.0837. The Balaban J connectivity index is 1.75. The number of primary amides is 3. The van der Waals surface area contributed by atoms with E-state index in [-0.39, 0.29) is 44.4 Å². The maximum atomic E-state index is 14.1. The second-order valence-corrected chi connectivity index (χ2v) is 19.5. The minimum Gasteiger partial charge on any atom is -0.370 e. The molecule has 26 nitrogen and oxygen atoms in total. The molecular formula is C47H71N15O11S. The highest BCUT2D eigenvalue weighted by molar-refractivity contribution is 7.98. The first-order valence-corrected chi connectivity index (χ1v) is 25.3. The summed E-state index contributed by atoms with van der Waals surface area (Å²) in [5, 5.41) is 21.2. The van der Waals surface area contributed by atoms with Crippen LogP contribution in [0.1, 0.15) is 78.0 Å². The Hall–Kier alpha value is -7.55. The van der Waals surface area contributed by atoms with E-state index in [9.17, 15) is 52.7 Å². The van der Waals surface area contributed by atoms with Crippen molar-refractivity contribution in [1.29, 1.82) is 0 Å². The topological polar surface area (TPSA) is 433 Å². The van der Waals surface area contributed by atoms with Crippen LogP contribution in [0.2, 0.25) is 0 Å². The highest BCUT2D eigenvalue weighted by Crippen LogP contribution is 2.20. The van der Waals surface area contributed by atoms with E-state index in [0.29, 0.717) is 22.4 Å². The van der Waals surface area contributed by atoms with Crippen molar-refractivity contribution < 1.29 is 52.7 Å². The van der Waals surface area contributed by atoms with Crippen LogP contribution in [0.5, 0.6) is 0 Å². The number of thioether (sulfide) groups is 1. The Morgan fingerprint density at radius 2 is 1.26 bits per heavy atom. The maximum absolute atomic E-state index is 14.1. The Morgan fingerprint density at radius 1 is 0.649 bits per heavy atom. The molecule has 1 aromatic carbocycles. The molecule has 0 radical (unpaired) electrons. The molecule has 11 amide bonds. The molecule has 0 saturated heterocycles. The molecule has 8 unspecified atom stereocenters. The molecular weight excluding hydrogens is 983 g/mol. The zero-order valence-electron chi connectivity index (χ0n) is 42.3. The van der Waals surface area contributed by atoms with Crippen molar-refractivity contribution in [2.45, 2.75) is 128 Å². The van der Waals surface area contributed by atoms with Gasteiger partial charge in [-0.25, -0.2) is 4.98 Å². The van der Waals surface area contributed by atoms with Crippen LogP contribution < -0.4 is 65.5 Å². The molecule has 0 bridgehead atoms. The normalized spacial score (nSPS) is 14.4. The number of hydrogen-bond acceptors (Lipinski definition) is 14. The number of hydrogen-bond donors (Lipinski definition) is 14. The molecule has 2 heterocycles. The lowest BCUT2D eigenvalue weighted by Gasteiger charge is -2.27. The van der Waals surface area contributed by atoms with E-state index in [4.69, 9.17) is 22.9 Å². The van der Waals surface area contributed by atoms with Crippen LogP contribution in [-0.2, 0) is 65.6 Å². The molecule has 0 aliphatic rings. The molecule has 2 aromatic heterocycles. The van der Waals surface area contributed by atoms with Crippen LogP contribution in [0.3, 0.4) is 0 Å². The van der Waals surface area contributed by atoms with Gasteiger partial charge in [0.2, 0.25) is 65.0 Å². The number of fused-ring (bicyclic) bond motifs is 1. The van der Waals surface area contributed by atoms with Gasteiger partial charge >= 0.3 is 0 Å². The summed E-state index contributed by atoms with van der Waals surface area (Å²) < 4.78 is 0. The molecule has 0 spiro atoms. The van der Waals surface area contributed by atoms with Crippen LogP contribution in [-0.4, -0.2) is 147 Å². The first kappa shape index (κ1) is 60.8. The van der Waals surface area contributed by atoms with Crippen LogP contribution in [0.4, 0.5) is 0 Å². The number of para-hydroxylation sites is 1. The number of H-pyrrole nitrogens is 2. The third-order valence-corrected chi connectivity index (χ3v) is 12.1. The standard InChI is InChI=1S/C47H71N15O11S/c1-23(2)15-33(45(71)58-31(40(51)66)13-14-74-6)60-46(72)35(17-27-20-52-22-55-27)57-38(65)21-54-47(73)39(24(3)4)62-41(67)25(5)56-44(70)34(16-26-19-53-30-10-8-7-9-28(26)30)61-43(69)32(11-12-36(49)63)59-42(68)29(48)18-37(50)64/h7-10,19-20,22-25,29,31-35,39,53H,11-18,21,48H2,1-6H3,(H2,49,63)(H2,50,64)(H2,51,66)(H,52,55)(H,54,73)(H,56,70)(H,57,65)(H,58,71)(H,59,68)(H,60,72)(H,61,69)(H,62,67). The van der Waals surface area contributed by atoms with Crippen LogP contribution in [0, 0.1) is 11.8 Å². The smallest absolute Gasteiger partial charge is 0.243 e. The summed E-state index contributed by atoms with van der Waals surface area (Å²) >= 11 is 1.46. The summed E-state index contributed by atoms with van der Waals surface area (Å²) in [7, 11) is 0. The molecule has 0 saturated carbocycles. The van der Waals surface area contributed by atoms with Gasteiger partial charge in [-0.1, -0.05) is 45.9 Å². The van der Waals surface area contributed by atoms with Gasteiger partial charge in [0, 0.05) is 48.3 Å². The van der Waals surface area contributed by atoms with E-state index in [1.807, 2.05) is 20.1 Å². The number of carbonyl (C=O) groups excluding carboxylic acids is 11. The van der Waals surface area contributed by atoms with Gasteiger partial charge in [0.25, 0.3) is 0 Å². The Kier molecular flexibility index (Phi) is 24.5. The first-order valence-electron chi connectivity index (χ1n) is 23.9. The number of aromatic nitrogens is 3. The molecule has 27 heteroatoms. The molecule has 3 aromatic rings. The van der Waals surface area contributed by atoms with Crippen molar-refractivity contribution in [3.63, 3.8) is 0 Å². The lowest BCUT2D eigenvalue weighted by atomic mass is 10.0. The summed E-state index contributed by atoms with van der Waals surface area (Å²) in [5.41, 5.74) is 23.6. The van der Waals surface area contributed by atoms with E-state index in [2.05, 4.69) is 57.5 Å². The average Bonchev–Trinajstić information content (AvgIpc) is 4.01. The number of nitrogens with zero attached hydrogens (tertiary/aromatic N) is 1. The van der Waals surface area contributed by atoms with E-state index in [1.54, 1.807) is 44.3 Å². The van der Waals surface area contributed by atoms with Gasteiger partial charge in [0.15, 0.2) is 0 Å². The van der Waals surface area contributed by atoms with Gasteiger partial charge in [-0.15, -0.1) is 0 Å². The first-order chi connectivity index (χ1) is 34.9. The highest BCUT2D eigenvalue weighted by atomic mass is 32.2. The molecule has 0 fully saturated rings. The van der Waals surface area contributed by atoms with Gasteiger partial charge in [0.05, 0.1) is 25.3 Å². The largest absolute Gasteiger partial charge is 0.370 e. The van der Waals surface area contributed by atoms with E-state index in [0.717, 1.165) is 5.52 Å². The highest BCUT2D eigenvalue weighted by Gasteiger charge is 2.34. The van der Waals surface area contributed by atoms with E-state index in [1.165, 1.54) is 31.2 Å². The fourth-order valence-electron chi connectivity index (χ4n) is 7.46. The predicted molar refractivity (Wildman–Crippen MR) is 273 cm³/mol. The number of carbonyl (C=O) groups is 11. The molecule has 8 atom stereocenters. The van der Waals surface area contributed by atoms with E-state index >= 15 is 0 Å². The SMILES string of the molecule is CSCCC(NC(=O)C(CC(C)C)NC(=O)C(Cc1cnc[nH]1)NC(=O)CNC(=O)C(NC(=O)C(C)NC(=O)C(Cc1c[nH]c2ccccc12)NC(=O)C(CCC(N)=O)NC(=O)C(N)CC(N)=O)C(C)C)C(N)=O. The van der Waals surface area contributed by atoms with Crippen LogP contribution in [0.15, 0.2) is 43.0 Å². The molecule has 3 rings (SSSR count). The van der Waals surface area contributed by atoms with Gasteiger partial charge in [0.1, 0.15) is 42.3 Å². The monoisotopic (exact) mass is 1050 g/mol. The Bertz CT molecular complexity index is 2450. The molecule has 0 aliphatic carbocycles.